The number of amides is 1. The number of benzene rings is 2. The lowest BCUT2D eigenvalue weighted by Crippen LogP contribution is -2.37. The molecule has 0 aliphatic heterocycles. The van der Waals surface area contributed by atoms with Gasteiger partial charge in [-0.2, -0.15) is 0 Å². The maximum atomic E-state index is 12.1. The highest BCUT2D eigenvalue weighted by molar-refractivity contribution is 5.88. The second-order valence-electron chi connectivity index (χ2n) is 5.29. The summed E-state index contributed by atoms with van der Waals surface area (Å²) in [5, 5.41) is 13.9. The number of hydrogen-bond donors (Lipinski definition) is 2. The first-order chi connectivity index (χ1) is 10.0. The van der Waals surface area contributed by atoms with Crippen LogP contribution < -0.4 is 10.1 Å². The van der Waals surface area contributed by atoms with Gasteiger partial charge in [0.2, 0.25) is 5.91 Å². The molecule has 2 rings (SSSR count). The summed E-state index contributed by atoms with van der Waals surface area (Å²) < 4.78 is 5.21. The number of hydrogen-bond acceptors (Lipinski definition) is 3. The van der Waals surface area contributed by atoms with Crippen LogP contribution in [-0.4, -0.2) is 30.8 Å². The number of rotatable bonds is 5. The fraction of sp³-hybridized carbons (Fsp3) is 0.353. The number of carbonyl (C=O) groups is 1. The number of nitrogens with one attached hydrogen (secondary N) is 1. The zero-order valence-electron chi connectivity index (χ0n) is 12.6. The molecule has 2 aromatic rings. The molecule has 0 heterocycles. The first-order valence-electron chi connectivity index (χ1n) is 7.04. The maximum absolute atomic E-state index is 12.1. The number of ether oxygens (including phenoxy) is 1. The highest BCUT2D eigenvalue weighted by Gasteiger charge is 2.17. The van der Waals surface area contributed by atoms with Crippen molar-refractivity contribution in [2.45, 2.75) is 25.8 Å². The molecule has 2 aromatic carbocycles. The molecule has 0 fully saturated rings. The highest BCUT2D eigenvalue weighted by Crippen LogP contribution is 2.25. The summed E-state index contributed by atoms with van der Waals surface area (Å²) in [4.78, 5) is 12.1. The van der Waals surface area contributed by atoms with Crippen molar-refractivity contribution in [3.63, 3.8) is 0 Å². The van der Waals surface area contributed by atoms with E-state index in [-0.39, 0.29) is 24.5 Å². The van der Waals surface area contributed by atoms with Gasteiger partial charge in [-0.25, -0.2) is 0 Å². The highest BCUT2D eigenvalue weighted by atomic mass is 16.5. The van der Waals surface area contributed by atoms with Crippen molar-refractivity contribution in [2.75, 3.05) is 13.7 Å². The Kier molecular flexibility index (Phi) is 4.81. The van der Waals surface area contributed by atoms with E-state index in [0.717, 1.165) is 22.1 Å². The van der Waals surface area contributed by atoms with Crippen LogP contribution in [0.15, 0.2) is 36.4 Å². The third-order valence-corrected chi connectivity index (χ3v) is 3.63. The third-order valence-electron chi connectivity index (χ3n) is 3.63. The number of aliphatic hydroxyl groups excluding tert-OH is 1. The summed E-state index contributed by atoms with van der Waals surface area (Å²) >= 11 is 0. The molecule has 112 valence electrons. The standard InChI is InChI=1S/C17H21NO3/c1-11(10-19)18-17(20)12(2)13-4-5-15-9-16(21-3)7-6-14(15)8-13/h4-9,11-12,19H,10H2,1-3H3,(H,18,20)/t11?,12-/m0/s1. The molecule has 0 bridgehead atoms. The molecular weight excluding hydrogens is 266 g/mol. The van der Waals surface area contributed by atoms with Crippen LogP contribution in [0.5, 0.6) is 5.75 Å². The Balaban J connectivity index is 2.24. The lowest BCUT2D eigenvalue weighted by molar-refractivity contribution is -0.123. The summed E-state index contributed by atoms with van der Waals surface area (Å²) in [6.07, 6.45) is 0. The summed E-state index contributed by atoms with van der Waals surface area (Å²) in [7, 11) is 1.64. The number of carbonyl (C=O) groups excluding carboxylic acids is 1. The Bertz CT molecular complexity index is 639. The predicted octanol–water partition coefficient (Wildman–Crippen LogP) is 2.45. The smallest absolute Gasteiger partial charge is 0.227 e. The van der Waals surface area contributed by atoms with E-state index in [2.05, 4.69) is 5.32 Å². The van der Waals surface area contributed by atoms with E-state index in [1.54, 1.807) is 14.0 Å². The van der Waals surface area contributed by atoms with Crippen LogP contribution in [0.4, 0.5) is 0 Å². The van der Waals surface area contributed by atoms with Gasteiger partial charge in [0.1, 0.15) is 5.75 Å². The Morgan fingerprint density at radius 1 is 1.19 bits per heavy atom. The molecule has 0 radical (unpaired) electrons. The summed E-state index contributed by atoms with van der Waals surface area (Å²) in [5.41, 5.74) is 0.954. The lowest BCUT2D eigenvalue weighted by atomic mass is 9.97. The van der Waals surface area contributed by atoms with Gasteiger partial charge in [0, 0.05) is 6.04 Å². The minimum atomic E-state index is -0.259. The monoisotopic (exact) mass is 287 g/mol. The van der Waals surface area contributed by atoms with Crippen molar-refractivity contribution in [1.82, 2.24) is 5.32 Å². The van der Waals surface area contributed by atoms with Gasteiger partial charge in [-0.3, -0.25) is 4.79 Å². The van der Waals surface area contributed by atoms with E-state index in [9.17, 15) is 4.79 Å². The molecule has 21 heavy (non-hydrogen) atoms. The van der Waals surface area contributed by atoms with Crippen molar-refractivity contribution in [1.29, 1.82) is 0 Å². The second kappa shape index (κ2) is 6.59. The van der Waals surface area contributed by atoms with Gasteiger partial charge in [0.05, 0.1) is 19.6 Å². The molecule has 0 aliphatic carbocycles. The van der Waals surface area contributed by atoms with E-state index in [1.807, 2.05) is 43.3 Å². The number of methoxy groups -OCH3 is 1. The lowest BCUT2D eigenvalue weighted by Gasteiger charge is -2.16. The Morgan fingerprint density at radius 2 is 1.86 bits per heavy atom. The summed E-state index contributed by atoms with van der Waals surface area (Å²) in [5.74, 6) is 0.479. The Morgan fingerprint density at radius 3 is 2.52 bits per heavy atom. The maximum Gasteiger partial charge on any atom is 0.227 e. The van der Waals surface area contributed by atoms with Crippen molar-refractivity contribution in [3.05, 3.63) is 42.0 Å². The van der Waals surface area contributed by atoms with E-state index in [1.165, 1.54) is 0 Å². The van der Waals surface area contributed by atoms with Gasteiger partial charge in [0.15, 0.2) is 0 Å². The van der Waals surface area contributed by atoms with Gasteiger partial charge in [0.25, 0.3) is 0 Å². The van der Waals surface area contributed by atoms with Crippen molar-refractivity contribution >= 4 is 16.7 Å². The third kappa shape index (κ3) is 3.52. The minimum Gasteiger partial charge on any atom is -0.497 e. The molecule has 2 N–H and O–H groups in total. The van der Waals surface area contributed by atoms with E-state index in [0.29, 0.717) is 0 Å². The van der Waals surface area contributed by atoms with E-state index < -0.39 is 0 Å². The molecule has 0 aliphatic rings. The van der Waals surface area contributed by atoms with Crippen LogP contribution in [0.2, 0.25) is 0 Å². The average Bonchev–Trinajstić information content (AvgIpc) is 2.52. The quantitative estimate of drug-likeness (QED) is 0.888. The van der Waals surface area contributed by atoms with E-state index in [4.69, 9.17) is 9.84 Å². The van der Waals surface area contributed by atoms with Gasteiger partial charge in [-0.15, -0.1) is 0 Å². The molecule has 0 saturated heterocycles. The van der Waals surface area contributed by atoms with Crippen LogP contribution in [0.3, 0.4) is 0 Å². The first kappa shape index (κ1) is 15.3. The Hall–Kier alpha value is -2.07. The SMILES string of the molecule is COc1ccc2cc([C@H](C)C(=O)NC(C)CO)ccc2c1. The Labute approximate surface area is 124 Å². The van der Waals surface area contributed by atoms with E-state index >= 15 is 0 Å². The fourth-order valence-corrected chi connectivity index (χ4v) is 2.20. The van der Waals surface area contributed by atoms with Crippen LogP contribution in [0.25, 0.3) is 10.8 Å². The van der Waals surface area contributed by atoms with Gasteiger partial charge >= 0.3 is 0 Å². The zero-order valence-corrected chi connectivity index (χ0v) is 12.6. The van der Waals surface area contributed by atoms with Crippen molar-refractivity contribution < 1.29 is 14.6 Å². The summed E-state index contributed by atoms with van der Waals surface area (Å²) in [6.45, 7) is 3.58. The van der Waals surface area contributed by atoms with Crippen LogP contribution in [-0.2, 0) is 4.79 Å². The van der Waals surface area contributed by atoms with Gasteiger partial charge in [-0.05, 0) is 42.3 Å². The van der Waals surface area contributed by atoms with Gasteiger partial charge < -0.3 is 15.2 Å². The van der Waals surface area contributed by atoms with Gasteiger partial charge in [-0.1, -0.05) is 24.3 Å². The zero-order chi connectivity index (χ0) is 15.4. The molecule has 1 unspecified atom stereocenters. The number of fused-ring (bicyclic) bond motifs is 1. The van der Waals surface area contributed by atoms with Crippen molar-refractivity contribution in [3.8, 4) is 5.75 Å². The second-order valence-corrected chi connectivity index (χ2v) is 5.29. The molecule has 1 amide bonds. The molecular formula is C17H21NO3. The predicted molar refractivity (Wildman–Crippen MR) is 83.6 cm³/mol. The van der Waals surface area contributed by atoms with Crippen molar-refractivity contribution in [2.24, 2.45) is 0 Å². The molecule has 4 nitrogen and oxygen atoms in total. The van der Waals surface area contributed by atoms with Crippen LogP contribution in [0, 0.1) is 0 Å². The summed E-state index contributed by atoms with van der Waals surface area (Å²) in [6, 6.07) is 11.6. The normalized spacial score (nSPS) is 13.7. The molecule has 0 spiro atoms. The largest absolute Gasteiger partial charge is 0.497 e. The molecule has 0 aromatic heterocycles. The molecule has 0 saturated carbocycles. The number of aliphatic hydroxyl groups is 1. The minimum absolute atomic E-state index is 0.0595. The molecule has 2 atom stereocenters. The topological polar surface area (TPSA) is 58.6 Å². The molecule has 4 heteroatoms. The first-order valence-corrected chi connectivity index (χ1v) is 7.04. The van der Waals surface area contributed by atoms with Crippen LogP contribution in [0.1, 0.15) is 25.3 Å². The average molecular weight is 287 g/mol. The van der Waals surface area contributed by atoms with Crippen LogP contribution >= 0.6 is 0 Å². The fourth-order valence-electron chi connectivity index (χ4n) is 2.20.